The molecule has 1 aliphatic heterocycles. The number of methoxy groups -OCH3 is 1. The third-order valence-electron chi connectivity index (χ3n) is 4.00. The second-order valence-corrected chi connectivity index (χ2v) is 8.30. The van der Waals surface area contributed by atoms with E-state index >= 15 is 0 Å². The molecule has 3 heterocycles. The summed E-state index contributed by atoms with van der Waals surface area (Å²) in [6.07, 6.45) is 4.87. The van der Waals surface area contributed by atoms with Gasteiger partial charge in [0.15, 0.2) is 15.7 Å². The summed E-state index contributed by atoms with van der Waals surface area (Å²) in [6, 6.07) is 5.25. The molecule has 0 unspecified atom stereocenters. The maximum atomic E-state index is 12.2. The molecule has 0 bridgehead atoms. The van der Waals surface area contributed by atoms with Crippen molar-refractivity contribution in [1.29, 1.82) is 0 Å². The van der Waals surface area contributed by atoms with Gasteiger partial charge in [-0.05, 0) is 19.9 Å². The van der Waals surface area contributed by atoms with Gasteiger partial charge in [0.25, 0.3) is 0 Å². The fourth-order valence-electron chi connectivity index (χ4n) is 2.74. The van der Waals surface area contributed by atoms with Gasteiger partial charge in [-0.1, -0.05) is 26.0 Å². The van der Waals surface area contributed by atoms with Crippen LogP contribution in [0.5, 0.6) is 5.88 Å². The maximum Gasteiger partial charge on any atom is 0.212 e. The molecule has 9 heteroatoms. The Hall–Kier alpha value is -2.78. The van der Waals surface area contributed by atoms with Crippen molar-refractivity contribution < 1.29 is 17.9 Å². The topological polar surface area (TPSA) is 94.5 Å². The summed E-state index contributed by atoms with van der Waals surface area (Å²) in [5.74, 6) is 1.41. The van der Waals surface area contributed by atoms with Gasteiger partial charge in [-0.3, -0.25) is 0 Å². The van der Waals surface area contributed by atoms with Crippen molar-refractivity contribution in [3.8, 4) is 17.3 Å². The fraction of sp³-hybridized carbons (Fsp3) is 0.435. The van der Waals surface area contributed by atoms with E-state index in [4.69, 9.17) is 9.47 Å². The van der Waals surface area contributed by atoms with Crippen LogP contribution in [0.1, 0.15) is 33.4 Å². The Kier molecular flexibility index (Phi) is 12.2. The summed E-state index contributed by atoms with van der Waals surface area (Å²) in [5.41, 5.74) is 1.13. The number of pyridine rings is 1. The van der Waals surface area contributed by atoms with E-state index in [9.17, 15) is 8.42 Å². The van der Waals surface area contributed by atoms with Gasteiger partial charge in [0.05, 0.1) is 31.8 Å². The Labute approximate surface area is 191 Å². The third kappa shape index (κ3) is 8.76. The Morgan fingerprint density at radius 1 is 1.19 bits per heavy atom. The van der Waals surface area contributed by atoms with Crippen LogP contribution in [0, 0.1) is 0 Å². The number of sulfone groups is 1. The lowest BCUT2D eigenvalue weighted by Gasteiger charge is -2.28. The van der Waals surface area contributed by atoms with Gasteiger partial charge in [0, 0.05) is 42.4 Å². The molecule has 0 N–H and O–H groups in total. The summed E-state index contributed by atoms with van der Waals surface area (Å²) in [7, 11) is -1.85. The molecule has 1 aliphatic rings. The summed E-state index contributed by atoms with van der Waals surface area (Å²) in [5, 5.41) is 1.19. The molecule has 0 aromatic carbocycles. The highest BCUT2D eigenvalue weighted by Crippen LogP contribution is 2.23. The number of morpholine rings is 1. The first-order valence-corrected chi connectivity index (χ1v) is 12.3. The average Bonchev–Trinajstić information content (AvgIpc) is 2.81. The molecule has 2 aromatic heterocycles. The minimum absolute atomic E-state index is 0.187. The second kappa shape index (κ2) is 14.3. The highest BCUT2D eigenvalue weighted by Gasteiger charge is 2.18. The zero-order valence-corrected chi connectivity index (χ0v) is 20.4. The van der Waals surface area contributed by atoms with Crippen LogP contribution >= 0.6 is 0 Å². The van der Waals surface area contributed by atoms with Gasteiger partial charge in [0.2, 0.25) is 5.88 Å². The minimum atomic E-state index is -3.39. The molecular weight excluding hydrogens is 428 g/mol. The van der Waals surface area contributed by atoms with E-state index in [0.29, 0.717) is 55.1 Å². The number of hydrogen-bond donors (Lipinski definition) is 0. The van der Waals surface area contributed by atoms with E-state index in [0.717, 1.165) is 0 Å². The zero-order valence-electron chi connectivity index (χ0n) is 19.6. The van der Waals surface area contributed by atoms with E-state index < -0.39 is 9.84 Å². The molecule has 3 rings (SSSR count). The number of nitrogens with zero attached hydrogens (tertiary/aromatic N) is 4. The molecular formula is C23H34N4O4S. The fourth-order valence-corrected chi connectivity index (χ4v) is 3.81. The number of rotatable bonds is 6. The molecule has 0 radical (unpaired) electrons. The molecule has 32 heavy (non-hydrogen) atoms. The van der Waals surface area contributed by atoms with Crippen LogP contribution in [0.15, 0.2) is 48.5 Å². The first-order valence-electron chi connectivity index (χ1n) is 10.6. The lowest BCUT2D eigenvalue weighted by atomic mass is 10.2. The zero-order chi connectivity index (χ0) is 24.0. The number of ether oxygens (including phenoxy) is 2. The molecule has 0 aliphatic carbocycles. The highest BCUT2D eigenvalue weighted by molar-refractivity contribution is 7.93. The second-order valence-electron chi connectivity index (χ2n) is 6.41. The van der Waals surface area contributed by atoms with E-state index in [-0.39, 0.29) is 5.75 Å². The van der Waals surface area contributed by atoms with Crippen molar-refractivity contribution in [2.45, 2.75) is 33.4 Å². The van der Waals surface area contributed by atoms with E-state index in [1.54, 1.807) is 44.5 Å². The monoisotopic (exact) mass is 462 g/mol. The molecule has 0 atom stereocenters. The highest BCUT2D eigenvalue weighted by atomic mass is 32.2. The Morgan fingerprint density at radius 2 is 1.84 bits per heavy atom. The quantitative estimate of drug-likeness (QED) is 0.594. The molecule has 176 valence electrons. The predicted octanol–water partition coefficient (Wildman–Crippen LogP) is 4.05. The van der Waals surface area contributed by atoms with Crippen LogP contribution in [-0.4, -0.2) is 56.8 Å². The van der Waals surface area contributed by atoms with Crippen LogP contribution in [0.4, 0.5) is 5.82 Å². The number of allylic oxidation sites excluding steroid dienone is 2. The molecule has 1 fully saturated rings. The van der Waals surface area contributed by atoms with Gasteiger partial charge in [-0.15, -0.1) is 6.58 Å². The largest absolute Gasteiger partial charge is 0.481 e. The van der Waals surface area contributed by atoms with Crippen LogP contribution in [0.2, 0.25) is 0 Å². The predicted molar refractivity (Wildman–Crippen MR) is 130 cm³/mol. The summed E-state index contributed by atoms with van der Waals surface area (Å²) < 4.78 is 34.9. The normalized spacial score (nSPS) is 13.5. The number of aromatic nitrogens is 3. The third-order valence-corrected chi connectivity index (χ3v) is 5.38. The van der Waals surface area contributed by atoms with Crippen LogP contribution in [0.3, 0.4) is 0 Å². The maximum absolute atomic E-state index is 12.2. The molecule has 0 spiro atoms. The smallest absolute Gasteiger partial charge is 0.212 e. The van der Waals surface area contributed by atoms with Crippen molar-refractivity contribution >= 4 is 15.7 Å². The summed E-state index contributed by atoms with van der Waals surface area (Å²) in [4.78, 5) is 15.3. The van der Waals surface area contributed by atoms with Crippen molar-refractivity contribution in [2.75, 3.05) is 38.3 Å². The molecule has 1 saturated heterocycles. The van der Waals surface area contributed by atoms with Gasteiger partial charge in [-0.2, -0.15) is 0 Å². The molecule has 8 nitrogen and oxygen atoms in total. The molecule has 0 amide bonds. The van der Waals surface area contributed by atoms with Crippen molar-refractivity contribution in [3.63, 3.8) is 0 Å². The van der Waals surface area contributed by atoms with Gasteiger partial charge in [-0.25, -0.2) is 23.4 Å². The Balaban J connectivity index is 0.000000944. The Bertz CT molecular complexity index is 954. The van der Waals surface area contributed by atoms with Gasteiger partial charge < -0.3 is 14.4 Å². The number of anilines is 1. The van der Waals surface area contributed by atoms with E-state index in [2.05, 4.69) is 26.4 Å². The van der Waals surface area contributed by atoms with Crippen molar-refractivity contribution in [3.05, 3.63) is 54.2 Å². The van der Waals surface area contributed by atoms with Crippen LogP contribution in [0.25, 0.3) is 11.4 Å². The minimum Gasteiger partial charge on any atom is -0.481 e. The van der Waals surface area contributed by atoms with Crippen LogP contribution in [-0.2, 0) is 20.3 Å². The molecule has 0 saturated carbocycles. The van der Waals surface area contributed by atoms with Gasteiger partial charge in [0.1, 0.15) is 5.82 Å². The molecule has 2 aromatic rings. The summed E-state index contributed by atoms with van der Waals surface area (Å²) in [6.45, 7) is 13.5. The Morgan fingerprint density at radius 3 is 2.38 bits per heavy atom. The van der Waals surface area contributed by atoms with E-state index in [1.807, 2.05) is 20.8 Å². The van der Waals surface area contributed by atoms with E-state index in [1.165, 1.54) is 11.5 Å². The van der Waals surface area contributed by atoms with Crippen molar-refractivity contribution in [2.24, 2.45) is 0 Å². The SMILES string of the molecule is C/C=C/S(=O)(=O)Cc1cc(N2CCOCC2)nc(-c2ccc(OC)nc2)n1.C=CC.CC. The lowest BCUT2D eigenvalue weighted by Crippen LogP contribution is -2.37. The van der Waals surface area contributed by atoms with Crippen molar-refractivity contribution in [1.82, 2.24) is 15.0 Å². The first kappa shape index (κ1) is 27.3. The summed E-state index contributed by atoms with van der Waals surface area (Å²) >= 11 is 0. The standard InChI is InChI=1S/C18H22N4O4S.C3H6.C2H6/c1-3-10-27(23,24)13-15-11-16(22-6-8-26-9-7-22)21-18(20-15)14-4-5-17(25-2)19-12-14;1-3-2;1-2/h3-5,10-12H,6-9,13H2,1-2H3;3H,1H2,2H3;1-2H3/b10-3+;;. The first-order chi connectivity index (χ1) is 15.4. The van der Waals surface area contributed by atoms with Crippen LogP contribution < -0.4 is 9.64 Å². The average molecular weight is 463 g/mol. The van der Waals surface area contributed by atoms with Gasteiger partial charge >= 0.3 is 0 Å². The lowest BCUT2D eigenvalue weighted by molar-refractivity contribution is 0.122. The number of hydrogen-bond acceptors (Lipinski definition) is 8.